The highest BCUT2D eigenvalue weighted by atomic mass is 16.4. The molecule has 0 fully saturated rings. The molecule has 0 saturated carbocycles. The van der Waals surface area contributed by atoms with Gasteiger partial charge in [-0.15, -0.1) is 0 Å². The molecule has 0 heterocycles. The van der Waals surface area contributed by atoms with Crippen LogP contribution in [0, 0.1) is 5.92 Å². The van der Waals surface area contributed by atoms with Gasteiger partial charge in [0.15, 0.2) is 1.41 Å². The monoisotopic (exact) mass is 236 g/mol. The predicted octanol–water partition coefficient (Wildman–Crippen LogP) is 1.37. The highest BCUT2D eigenvalue weighted by molar-refractivity contribution is 5.76. The molecule has 0 spiro atoms. The van der Waals surface area contributed by atoms with E-state index in [1.165, 1.54) is 0 Å². The van der Waals surface area contributed by atoms with Crippen molar-refractivity contribution in [3.8, 4) is 0 Å². The van der Waals surface area contributed by atoms with Crippen molar-refractivity contribution in [2.45, 2.75) is 26.2 Å². The van der Waals surface area contributed by atoms with Crippen molar-refractivity contribution in [3.63, 3.8) is 0 Å². The Hall–Kier alpha value is -1.84. The van der Waals surface area contributed by atoms with Crippen molar-refractivity contribution in [3.05, 3.63) is 35.4 Å². The largest absolute Gasteiger partial charge is 0.481 e. The van der Waals surface area contributed by atoms with Crippen molar-refractivity contribution in [2.24, 2.45) is 11.6 Å². The Bertz CT molecular complexity index is 417. The second-order valence-corrected chi connectivity index (χ2v) is 4.06. The fourth-order valence-corrected chi connectivity index (χ4v) is 1.67. The molecule has 1 aromatic rings. The van der Waals surface area contributed by atoms with E-state index in [9.17, 15) is 9.59 Å². The standard InChI is InChI=1S/C13H17NO3/c1-2-11(13(16)17)7-9-3-5-10(6-4-9)8-12(14)15/h3-6,11H,2,7-8H2,1H3,(H2,14,15)(H,16,17)/i/hD. The first-order valence-electron chi connectivity index (χ1n) is 6.08. The first-order valence-corrected chi connectivity index (χ1v) is 5.58. The Morgan fingerprint density at radius 3 is 2.41 bits per heavy atom. The molecule has 0 aromatic heterocycles. The third kappa shape index (κ3) is 4.26. The van der Waals surface area contributed by atoms with Gasteiger partial charge < -0.3 is 10.8 Å². The van der Waals surface area contributed by atoms with Crippen LogP contribution in [0.3, 0.4) is 0 Å². The Morgan fingerprint density at radius 2 is 1.94 bits per heavy atom. The number of primary amides is 1. The van der Waals surface area contributed by atoms with Gasteiger partial charge >= 0.3 is 5.97 Å². The smallest absolute Gasteiger partial charge is 0.306 e. The zero-order valence-corrected chi connectivity index (χ0v) is 9.77. The summed E-state index contributed by atoms with van der Waals surface area (Å²) in [4.78, 5) is 21.9. The van der Waals surface area contributed by atoms with Gasteiger partial charge in [0.1, 0.15) is 0 Å². The second-order valence-electron chi connectivity index (χ2n) is 4.06. The summed E-state index contributed by atoms with van der Waals surface area (Å²) in [5.41, 5.74) is 3.57. The van der Waals surface area contributed by atoms with Crippen LogP contribution in [0.4, 0.5) is 0 Å². The van der Waals surface area contributed by atoms with Gasteiger partial charge in [0.05, 0.1) is 12.3 Å². The quantitative estimate of drug-likeness (QED) is 0.782. The van der Waals surface area contributed by atoms with Gasteiger partial charge in [0.2, 0.25) is 5.91 Å². The summed E-state index contributed by atoms with van der Waals surface area (Å²) < 4.78 is 6.70. The molecule has 4 heteroatoms. The van der Waals surface area contributed by atoms with Crippen LogP contribution in [0.1, 0.15) is 24.5 Å². The first kappa shape index (κ1) is 11.6. The minimum Gasteiger partial charge on any atom is -0.481 e. The number of hydrogen-bond acceptors (Lipinski definition) is 2. The van der Waals surface area contributed by atoms with E-state index in [1.807, 2.05) is 24.8 Å². The maximum Gasteiger partial charge on any atom is 0.306 e. The van der Waals surface area contributed by atoms with E-state index in [2.05, 4.69) is 0 Å². The number of amides is 1. The molecule has 1 aromatic carbocycles. The Kier molecular flexibility index (Phi) is 4.13. The van der Waals surface area contributed by atoms with Gasteiger partial charge in [-0.05, 0) is 24.0 Å². The van der Waals surface area contributed by atoms with E-state index in [0.29, 0.717) is 12.8 Å². The third-order valence-corrected chi connectivity index (χ3v) is 2.71. The van der Waals surface area contributed by atoms with Crippen molar-refractivity contribution in [1.29, 1.82) is 0 Å². The Balaban J connectivity index is 2.65. The molecule has 0 aliphatic rings. The lowest BCUT2D eigenvalue weighted by Crippen LogP contribution is -2.15. The van der Waals surface area contributed by atoms with Crippen LogP contribution >= 0.6 is 0 Å². The summed E-state index contributed by atoms with van der Waals surface area (Å²) in [7, 11) is 0. The van der Waals surface area contributed by atoms with Gasteiger partial charge in [-0.3, -0.25) is 9.59 Å². The van der Waals surface area contributed by atoms with Crippen LogP contribution < -0.4 is 5.73 Å². The van der Waals surface area contributed by atoms with Crippen LogP contribution in [-0.2, 0) is 22.4 Å². The molecule has 0 bridgehead atoms. The van der Waals surface area contributed by atoms with Gasteiger partial charge in [-0.2, -0.15) is 0 Å². The average molecular weight is 236 g/mol. The number of rotatable bonds is 6. The highest BCUT2D eigenvalue weighted by Gasteiger charge is 2.15. The maximum absolute atomic E-state index is 11.0. The Labute approximate surface area is 102 Å². The summed E-state index contributed by atoms with van der Waals surface area (Å²) >= 11 is 0. The van der Waals surface area contributed by atoms with Crippen LogP contribution in [0.15, 0.2) is 24.3 Å². The molecule has 0 saturated heterocycles. The predicted molar refractivity (Wildman–Crippen MR) is 64.5 cm³/mol. The molecule has 17 heavy (non-hydrogen) atoms. The van der Waals surface area contributed by atoms with E-state index in [0.717, 1.165) is 11.1 Å². The SMILES string of the molecule is [2H]NC(=O)Cc1ccc(CC(CC)C(=O)O)cc1. The molecule has 3 N–H and O–H groups in total. The topological polar surface area (TPSA) is 80.4 Å². The summed E-state index contributed by atoms with van der Waals surface area (Å²) in [6, 6.07) is 7.24. The van der Waals surface area contributed by atoms with E-state index >= 15 is 0 Å². The fraction of sp³-hybridized carbons (Fsp3) is 0.385. The van der Waals surface area contributed by atoms with Gasteiger partial charge in [-0.25, -0.2) is 0 Å². The first-order chi connectivity index (χ1) is 8.56. The molecule has 0 aliphatic heterocycles. The lowest BCUT2D eigenvalue weighted by molar-refractivity contribution is -0.141. The maximum atomic E-state index is 11.0. The van der Waals surface area contributed by atoms with Gasteiger partial charge in [0.25, 0.3) is 0 Å². The Morgan fingerprint density at radius 1 is 1.35 bits per heavy atom. The summed E-state index contributed by atoms with van der Waals surface area (Å²) in [6.07, 6.45) is 1.26. The van der Waals surface area contributed by atoms with Gasteiger partial charge in [0, 0.05) is 0 Å². The number of carbonyl (C=O) groups excluding carboxylic acids is 1. The molecule has 1 rings (SSSR count). The number of carboxylic acids is 1. The third-order valence-electron chi connectivity index (χ3n) is 2.71. The number of benzene rings is 1. The van der Waals surface area contributed by atoms with E-state index in [1.54, 1.807) is 12.1 Å². The summed E-state index contributed by atoms with van der Waals surface area (Å²) in [5.74, 6) is -1.51. The van der Waals surface area contributed by atoms with Crippen LogP contribution in [0.25, 0.3) is 0 Å². The fourth-order valence-electron chi connectivity index (χ4n) is 1.67. The van der Waals surface area contributed by atoms with Crippen molar-refractivity contribution in [2.75, 3.05) is 0 Å². The van der Waals surface area contributed by atoms with Crippen molar-refractivity contribution in [1.82, 2.24) is 0 Å². The summed E-state index contributed by atoms with van der Waals surface area (Å²) in [6.45, 7) is 1.85. The molecule has 0 aliphatic carbocycles. The molecule has 1 atom stereocenters. The molecule has 4 nitrogen and oxygen atoms in total. The highest BCUT2D eigenvalue weighted by Crippen LogP contribution is 2.13. The molecule has 92 valence electrons. The van der Waals surface area contributed by atoms with E-state index < -0.39 is 5.97 Å². The molecule has 0 radical (unpaired) electrons. The second kappa shape index (κ2) is 6.03. The molecule has 1 unspecified atom stereocenters. The number of carboxylic acid groups (broad SMARTS) is 1. The summed E-state index contributed by atoms with van der Waals surface area (Å²) in [5, 5.41) is 8.97. The number of carbonyl (C=O) groups is 2. The van der Waals surface area contributed by atoms with Crippen molar-refractivity contribution >= 4 is 11.9 Å². The number of nitrogens with two attached hydrogens (primary N) is 1. The normalized spacial score (nSPS) is 12.6. The lowest BCUT2D eigenvalue weighted by atomic mass is 9.96. The number of hydrogen-bond donors (Lipinski definition) is 2. The van der Waals surface area contributed by atoms with E-state index in [4.69, 9.17) is 6.52 Å². The molecular formula is C13H17NO3. The van der Waals surface area contributed by atoms with Gasteiger partial charge in [-0.1, -0.05) is 31.2 Å². The molecule has 1 amide bonds. The van der Waals surface area contributed by atoms with Crippen LogP contribution in [0.2, 0.25) is 1.41 Å². The minimum atomic E-state index is -0.782. The van der Waals surface area contributed by atoms with E-state index in [-0.39, 0.29) is 18.2 Å². The zero-order chi connectivity index (χ0) is 13.5. The average Bonchev–Trinajstić information content (AvgIpc) is 2.37. The van der Waals surface area contributed by atoms with Crippen LogP contribution in [-0.4, -0.2) is 17.0 Å². The zero-order valence-electron chi connectivity index (χ0n) is 10.8. The van der Waals surface area contributed by atoms with Crippen molar-refractivity contribution < 1.29 is 16.1 Å². The lowest BCUT2D eigenvalue weighted by Gasteiger charge is -2.09. The molecular weight excluding hydrogens is 218 g/mol. The number of aliphatic carboxylic acids is 1. The minimum absolute atomic E-state index is 0.167. The van der Waals surface area contributed by atoms with Crippen LogP contribution in [0.5, 0.6) is 0 Å².